The lowest BCUT2D eigenvalue weighted by atomic mass is 9.96. The van der Waals surface area contributed by atoms with E-state index < -0.39 is 5.97 Å². The molecule has 0 bridgehead atoms. The van der Waals surface area contributed by atoms with Crippen LogP contribution >= 0.6 is 23.2 Å². The molecule has 0 spiro atoms. The number of carboxylic acids is 1. The van der Waals surface area contributed by atoms with Crippen molar-refractivity contribution in [3.05, 3.63) is 57.6 Å². The second-order valence-corrected chi connectivity index (χ2v) is 4.81. The molecular formula is C14H10Cl2O2. The van der Waals surface area contributed by atoms with Crippen LogP contribution < -0.4 is 0 Å². The van der Waals surface area contributed by atoms with Crippen LogP contribution in [0.3, 0.4) is 0 Å². The summed E-state index contributed by atoms with van der Waals surface area (Å²) < 4.78 is 0. The molecule has 2 rings (SSSR count). The Bertz CT molecular complexity index is 601. The third-order valence-corrected chi connectivity index (χ3v) is 3.17. The standard InChI is InChI=1S/C14H10Cl2O2/c1-8-12(3-2-4-13(8)14(17)18)9-5-10(15)7-11(16)6-9/h2-7H,1H3,(H,17,18). The van der Waals surface area contributed by atoms with E-state index in [1.165, 1.54) is 0 Å². The fourth-order valence-electron chi connectivity index (χ4n) is 1.89. The van der Waals surface area contributed by atoms with E-state index in [9.17, 15) is 4.79 Å². The van der Waals surface area contributed by atoms with E-state index >= 15 is 0 Å². The van der Waals surface area contributed by atoms with E-state index in [1.807, 2.05) is 6.07 Å². The number of carbonyl (C=O) groups is 1. The van der Waals surface area contributed by atoms with Gasteiger partial charge in [-0.1, -0.05) is 35.3 Å². The predicted octanol–water partition coefficient (Wildman–Crippen LogP) is 4.67. The van der Waals surface area contributed by atoms with Crippen LogP contribution in [0.2, 0.25) is 10.0 Å². The van der Waals surface area contributed by atoms with E-state index in [-0.39, 0.29) is 5.56 Å². The molecule has 0 fully saturated rings. The van der Waals surface area contributed by atoms with Gasteiger partial charge >= 0.3 is 5.97 Å². The second-order valence-electron chi connectivity index (χ2n) is 3.94. The molecule has 92 valence electrons. The number of rotatable bonds is 2. The van der Waals surface area contributed by atoms with Gasteiger partial charge in [-0.3, -0.25) is 0 Å². The summed E-state index contributed by atoms with van der Waals surface area (Å²) >= 11 is 11.9. The quantitative estimate of drug-likeness (QED) is 0.868. The summed E-state index contributed by atoms with van der Waals surface area (Å²) in [4.78, 5) is 11.1. The first kappa shape index (κ1) is 12.9. The Morgan fingerprint density at radius 3 is 2.28 bits per heavy atom. The van der Waals surface area contributed by atoms with Crippen LogP contribution in [0.15, 0.2) is 36.4 Å². The maximum Gasteiger partial charge on any atom is 0.335 e. The Morgan fingerprint density at radius 2 is 1.72 bits per heavy atom. The van der Waals surface area contributed by atoms with Gasteiger partial charge in [-0.05, 0) is 47.9 Å². The fourth-order valence-corrected chi connectivity index (χ4v) is 2.42. The average molecular weight is 281 g/mol. The Labute approximate surface area is 115 Å². The van der Waals surface area contributed by atoms with Gasteiger partial charge in [0.1, 0.15) is 0 Å². The number of aromatic carboxylic acids is 1. The first-order chi connectivity index (χ1) is 8.49. The third kappa shape index (κ3) is 2.50. The highest BCUT2D eigenvalue weighted by atomic mass is 35.5. The van der Waals surface area contributed by atoms with Crippen LogP contribution in [0.5, 0.6) is 0 Å². The van der Waals surface area contributed by atoms with Gasteiger partial charge < -0.3 is 5.11 Å². The molecule has 0 atom stereocenters. The zero-order valence-corrected chi connectivity index (χ0v) is 11.1. The van der Waals surface area contributed by atoms with E-state index in [4.69, 9.17) is 28.3 Å². The lowest BCUT2D eigenvalue weighted by molar-refractivity contribution is 0.0696. The fraction of sp³-hybridized carbons (Fsp3) is 0.0714. The van der Waals surface area contributed by atoms with Crippen LogP contribution in [-0.2, 0) is 0 Å². The predicted molar refractivity (Wildman–Crippen MR) is 73.6 cm³/mol. The SMILES string of the molecule is Cc1c(C(=O)O)cccc1-c1cc(Cl)cc(Cl)c1. The summed E-state index contributed by atoms with van der Waals surface area (Å²) in [6.45, 7) is 1.77. The molecule has 0 saturated heterocycles. The highest BCUT2D eigenvalue weighted by Gasteiger charge is 2.11. The Kier molecular flexibility index (Phi) is 3.60. The lowest BCUT2D eigenvalue weighted by Gasteiger charge is -2.09. The van der Waals surface area contributed by atoms with Crippen molar-refractivity contribution >= 4 is 29.2 Å². The number of hydrogen-bond donors (Lipinski definition) is 1. The molecule has 0 amide bonds. The number of benzene rings is 2. The van der Waals surface area contributed by atoms with Gasteiger partial charge in [0, 0.05) is 10.0 Å². The normalized spacial score (nSPS) is 10.4. The Hall–Kier alpha value is -1.51. The lowest BCUT2D eigenvalue weighted by Crippen LogP contribution is -2.00. The molecule has 0 saturated carbocycles. The average Bonchev–Trinajstić information content (AvgIpc) is 2.27. The molecule has 0 aliphatic heterocycles. The minimum atomic E-state index is -0.942. The Balaban J connectivity index is 2.64. The second kappa shape index (κ2) is 5.01. The maximum atomic E-state index is 11.1. The van der Waals surface area contributed by atoms with Crippen LogP contribution in [0.25, 0.3) is 11.1 Å². The van der Waals surface area contributed by atoms with Gasteiger partial charge in [0.15, 0.2) is 0 Å². The van der Waals surface area contributed by atoms with Crippen molar-refractivity contribution in [3.63, 3.8) is 0 Å². The zero-order valence-electron chi connectivity index (χ0n) is 9.58. The van der Waals surface area contributed by atoms with E-state index in [2.05, 4.69) is 0 Å². The molecule has 0 radical (unpaired) electrons. The molecule has 0 aliphatic rings. The highest BCUT2D eigenvalue weighted by Crippen LogP contribution is 2.30. The van der Waals surface area contributed by atoms with Gasteiger partial charge in [-0.25, -0.2) is 4.79 Å². The molecule has 0 aliphatic carbocycles. The third-order valence-electron chi connectivity index (χ3n) is 2.74. The largest absolute Gasteiger partial charge is 0.478 e. The van der Waals surface area contributed by atoms with Gasteiger partial charge in [-0.15, -0.1) is 0 Å². The summed E-state index contributed by atoms with van der Waals surface area (Å²) in [6, 6.07) is 10.3. The zero-order chi connectivity index (χ0) is 13.3. The summed E-state index contributed by atoms with van der Waals surface area (Å²) in [5.41, 5.74) is 2.61. The van der Waals surface area contributed by atoms with Gasteiger partial charge in [-0.2, -0.15) is 0 Å². The van der Waals surface area contributed by atoms with Crippen molar-refractivity contribution in [1.82, 2.24) is 0 Å². The molecular weight excluding hydrogens is 271 g/mol. The first-order valence-corrected chi connectivity index (χ1v) is 6.04. The molecule has 1 N–H and O–H groups in total. The molecule has 18 heavy (non-hydrogen) atoms. The molecule has 0 heterocycles. The van der Waals surface area contributed by atoms with E-state index in [0.717, 1.165) is 11.1 Å². The number of halogens is 2. The van der Waals surface area contributed by atoms with Crippen LogP contribution in [0, 0.1) is 6.92 Å². The molecule has 2 nitrogen and oxygen atoms in total. The van der Waals surface area contributed by atoms with Crippen LogP contribution in [0.4, 0.5) is 0 Å². The van der Waals surface area contributed by atoms with Gasteiger partial charge in [0.05, 0.1) is 5.56 Å². The Morgan fingerprint density at radius 1 is 1.11 bits per heavy atom. The smallest absolute Gasteiger partial charge is 0.335 e. The highest BCUT2D eigenvalue weighted by molar-refractivity contribution is 6.35. The maximum absolute atomic E-state index is 11.1. The van der Waals surface area contributed by atoms with Gasteiger partial charge in [0.25, 0.3) is 0 Å². The van der Waals surface area contributed by atoms with Crippen molar-refractivity contribution in [1.29, 1.82) is 0 Å². The summed E-state index contributed by atoms with van der Waals surface area (Å²) in [6.07, 6.45) is 0. The number of carboxylic acid groups (broad SMARTS) is 1. The molecule has 4 heteroatoms. The minimum Gasteiger partial charge on any atom is -0.478 e. The first-order valence-electron chi connectivity index (χ1n) is 5.28. The topological polar surface area (TPSA) is 37.3 Å². The van der Waals surface area contributed by atoms with Gasteiger partial charge in [0.2, 0.25) is 0 Å². The summed E-state index contributed by atoms with van der Waals surface area (Å²) in [5, 5.41) is 10.1. The molecule has 2 aromatic carbocycles. The van der Waals surface area contributed by atoms with Crippen LogP contribution in [-0.4, -0.2) is 11.1 Å². The van der Waals surface area contributed by atoms with E-state index in [0.29, 0.717) is 15.6 Å². The summed E-state index contributed by atoms with van der Waals surface area (Å²) in [7, 11) is 0. The minimum absolute atomic E-state index is 0.281. The van der Waals surface area contributed by atoms with E-state index in [1.54, 1.807) is 37.3 Å². The van der Waals surface area contributed by atoms with Crippen molar-refractivity contribution in [2.45, 2.75) is 6.92 Å². The monoisotopic (exact) mass is 280 g/mol. The summed E-state index contributed by atoms with van der Waals surface area (Å²) in [5.74, 6) is -0.942. The van der Waals surface area contributed by atoms with Crippen molar-refractivity contribution in [2.75, 3.05) is 0 Å². The number of hydrogen-bond acceptors (Lipinski definition) is 1. The molecule has 2 aromatic rings. The molecule has 0 aromatic heterocycles. The van der Waals surface area contributed by atoms with Crippen molar-refractivity contribution in [2.24, 2.45) is 0 Å². The molecule has 0 unspecified atom stereocenters. The van der Waals surface area contributed by atoms with Crippen LogP contribution in [0.1, 0.15) is 15.9 Å². The van der Waals surface area contributed by atoms with Crippen molar-refractivity contribution in [3.8, 4) is 11.1 Å². The van der Waals surface area contributed by atoms with Crippen molar-refractivity contribution < 1.29 is 9.90 Å².